The van der Waals surface area contributed by atoms with Gasteiger partial charge in [0.15, 0.2) is 0 Å². The van der Waals surface area contributed by atoms with Crippen LogP contribution in [-0.2, 0) is 14.3 Å². The number of hydrogen-bond acceptors (Lipinski definition) is 5. The van der Waals surface area contributed by atoms with Crippen LogP contribution < -0.4 is 10.6 Å². The largest absolute Gasteiger partial charge is 0.465 e. The molecule has 138 valence electrons. The number of benzene rings is 1. The SMILES string of the molecule is COC(=O)c1ccc(Cl)c(NC(=O)C(C)(C)C(=O)NCCN(C)C)c1. The molecule has 0 heterocycles. The van der Waals surface area contributed by atoms with E-state index < -0.39 is 23.2 Å². The van der Waals surface area contributed by atoms with Gasteiger partial charge in [0, 0.05) is 13.1 Å². The van der Waals surface area contributed by atoms with E-state index in [2.05, 4.69) is 15.4 Å². The molecule has 1 rings (SSSR count). The average molecular weight is 370 g/mol. The van der Waals surface area contributed by atoms with E-state index in [1.165, 1.54) is 39.2 Å². The van der Waals surface area contributed by atoms with Crippen LogP contribution in [0.3, 0.4) is 0 Å². The number of rotatable bonds is 7. The zero-order valence-corrected chi connectivity index (χ0v) is 15.9. The Hall–Kier alpha value is -2.12. The van der Waals surface area contributed by atoms with Crippen LogP contribution in [0.2, 0.25) is 5.02 Å². The lowest BCUT2D eigenvalue weighted by molar-refractivity contribution is -0.138. The summed E-state index contributed by atoms with van der Waals surface area (Å²) in [6.07, 6.45) is 0. The van der Waals surface area contributed by atoms with Crippen molar-refractivity contribution in [2.45, 2.75) is 13.8 Å². The molecule has 0 aliphatic rings. The summed E-state index contributed by atoms with van der Waals surface area (Å²) < 4.78 is 4.64. The summed E-state index contributed by atoms with van der Waals surface area (Å²) in [5.74, 6) is -1.47. The van der Waals surface area contributed by atoms with Gasteiger partial charge in [-0.25, -0.2) is 4.79 Å². The molecular formula is C17H24ClN3O4. The maximum atomic E-state index is 12.5. The van der Waals surface area contributed by atoms with Crippen molar-refractivity contribution in [1.29, 1.82) is 0 Å². The lowest BCUT2D eigenvalue weighted by Gasteiger charge is -2.23. The summed E-state index contributed by atoms with van der Waals surface area (Å²) in [6, 6.07) is 4.38. The number of likely N-dealkylation sites (N-methyl/N-ethyl adjacent to an activating group) is 1. The van der Waals surface area contributed by atoms with Crippen molar-refractivity contribution in [3.63, 3.8) is 0 Å². The number of ether oxygens (including phenoxy) is 1. The topological polar surface area (TPSA) is 87.7 Å². The molecular weight excluding hydrogens is 346 g/mol. The lowest BCUT2D eigenvalue weighted by atomic mass is 9.91. The number of hydrogen-bond donors (Lipinski definition) is 2. The highest BCUT2D eigenvalue weighted by Crippen LogP contribution is 2.26. The first kappa shape index (κ1) is 20.9. The molecule has 0 aliphatic heterocycles. The number of nitrogens with one attached hydrogen (secondary N) is 2. The third-order valence-corrected chi connectivity index (χ3v) is 3.95. The van der Waals surface area contributed by atoms with Crippen LogP contribution >= 0.6 is 11.6 Å². The van der Waals surface area contributed by atoms with Gasteiger partial charge in [-0.3, -0.25) is 9.59 Å². The third kappa shape index (κ3) is 5.72. The normalized spacial score (nSPS) is 11.2. The quantitative estimate of drug-likeness (QED) is 0.565. The van der Waals surface area contributed by atoms with E-state index in [0.29, 0.717) is 13.1 Å². The van der Waals surface area contributed by atoms with Crippen LogP contribution in [0, 0.1) is 5.41 Å². The first-order valence-electron chi connectivity index (χ1n) is 7.72. The van der Waals surface area contributed by atoms with Crippen LogP contribution in [0.4, 0.5) is 5.69 Å². The predicted octanol–water partition coefficient (Wildman–Crippen LogP) is 1.77. The van der Waals surface area contributed by atoms with Gasteiger partial charge in [0.25, 0.3) is 0 Å². The number of halogens is 1. The Bertz CT molecular complexity index is 659. The van der Waals surface area contributed by atoms with Crippen LogP contribution in [0.25, 0.3) is 0 Å². The van der Waals surface area contributed by atoms with Crippen LogP contribution in [0.1, 0.15) is 24.2 Å². The van der Waals surface area contributed by atoms with E-state index in [1.54, 1.807) is 0 Å². The molecule has 25 heavy (non-hydrogen) atoms. The molecule has 1 aromatic carbocycles. The monoisotopic (exact) mass is 369 g/mol. The molecule has 8 heteroatoms. The highest BCUT2D eigenvalue weighted by atomic mass is 35.5. The van der Waals surface area contributed by atoms with E-state index >= 15 is 0 Å². The molecule has 0 saturated carbocycles. The minimum absolute atomic E-state index is 0.240. The summed E-state index contributed by atoms with van der Waals surface area (Å²) in [6.45, 7) is 4.13. The molecule has 7 nitrogen and oxygen atoms in total. The molecule has 0 unspecified atom stereocenters. The van der Waals surface area contributed by atoms with E-state index in [-0.39, 0.29) is 16.3 Å². The zero-order valence-electron chi connectivity index (χ0n) is 15.1. The maximum Gasteiger partial charge on any atom is 0.337 e. The Morgan fingerprint density at radius 1 is 1.20 bits per heavy atom. The molecule has 0 bridgehead atoms. The lowest BCUT2D eigenvalue weighted by Crippen LogP contribution is -2.46. The van der Waals surface area contributed by atoms with Gasteiger partial charge >= 0.3 is 5.97 Å². The number of methoxy groups -OCH3 is 1. The standard InChI is InChI=1S/C17H24ClN3O4/c1-17(2,15(23)19-8-9-21(3)4)16(24)20-13-10-11(14(22)25-5)6-7-12(13)18/h6-7,10H,8-9H2,1-5H3,(H,19,23)(H,20,24). The maximum absolute atomic E-state index is 12.5. The van der Waals surface area contributed by atoms with Crippen molar-refractivity contribution in [2.75, 3.05) is 39.6 Å². The first-order valence-corrected chi connectivity index (χ1v) is 8.09. The van der Waals surface area contributed by atoms with Crippen LogP contribution in [0.15, 0.2) is 18.2 Å². The van der Waals surface area contributed by atoms with Crippen molar-refractivity contribution in [3.8, 4) is 0 Å². The Balaban J connectivity index is 2.86. The fourth-order valence-corrected chi connectivity index (χ4v) is 2.03. The van der Waals surface area contributed by atoms with Gasteiger partial charge in [0.2, 0.25) is 11.8 Å². The number of esters is 1. The minimum Gasteiger partial charge on any atom is -0.465 e. The van der Waals surface area contributed by atoms with Crippen LogP contribution in [-0.4, -0.2) is 57.0 Å². The van der Waals surface area contributed by atoms with Gasteiger partial charge in [-0.2, -0.15) is 0 Å². The van der Waals surface area contributed by atoms with E-state index in [0.717, 1.165) is 0 Å². The smallest absolute Gasteiger partial charge is 0.337 e. The fraction of sp³-hybridized carbons (Fsp3) is 0.471. The summed E-state index contributed by atoms with van der Waals surface area (Å²) in [4.78, 5) is 38.3. The molecule has 0 fully saturated rings. The van der Waals surface area contributed by atoms with Crippen LogP contribution in [0.5, 0.6) is 0 Å². The van der Waals surface area contributed by atoms with Gasteiger partial charge < -0.3 is 20.3 Å². The van der Waals surface area contributed by atoms with E-state index in [4.69, 9.17) is 11.6 Å². The number of nitrogens with zero attached hydrogens (tertiary/aromatic N) is 1. The minimum atomic E-state index is -1.31. The summed E-state index contributed by atoms with van der Waals surface area (Å²) in [5.41, 5.74) is -0.823. The Morgan fingerprint density at radius 2 is 1.84 bits per heavy atom. The Labute approximate surface area is 152 Å². The molecule has 0 aliphatic carbocycles. The molecule has 0 spiro atoms. The number of anilines is 1. The van der Waals surface area contributed by atoms with Crippen molar-refractivity contribution in [3.05, 3.63) is 28.8 Å². The van der Waals surface area contributed by atoms with Gasteiger partial charge in [-0.15, -0.1) is 0 Å². The van der Waals surface area contributed by atoms with Gasteiger partial charge in [-0.1, -0.05) is 11.6 Å². The van der Waals surface area contributed by atoms with Crippen molar-refractivity contribution in [1.82, 2.24) is 10.2 Å². The summed E-state index contributed by atoms with van der Waals surface area (Å²) in [5, 5.41) is 5.58. The number of amides is 2. The van der Waals surface area contributed by atoms with Crippen molar-refractivity contribution < 1.29 is 19.1 Å². The zero-order chi connectivity index (χ0) is 19.2. The second kappa shape index (κ2) is 8.82. The Kier molecular flexibility index (Phi) is 7.38. The molecule has 2 amide bonds. The number of carbonyl (C=O) groups excluding carboxylic acids is 3. The molecule has 0 aromatic heterocycles. The highest BCUT2D eigenvalue weighted by molar-refractivity contribution is 6.34. The molecule has 1 aromatic rings. The third-order valence-electron chi connectivity index (χ3n) is 3.62. The predicted molar refractivity (Wildman–Crippen MR) is 96.8 cm³/mol. The van der Waals surface area contributed by atoms with Crippen molar-refractivity contribution in [2.24, 2.45) is 5.41 Å². The van der Waals surface area contributed by atoms with Crippen molar-refractivity contribution >= 4 is 35.1 Å². The van der Waals surface area contributed by atoms with E-state index in [1.807, 2.05) is 19.0 Å². The Morgan fingerprint density at radius 3 is 2.40 bits per heavy atom. The first-order chi connectivity index (χ1) is 11.6. The molecule has 0 atom stereocenters. The second-order valence-corrected chi connectivity index (χ2v) is 6.73. The summed E-state index contributed by atoms with van der Waals surface area (Å²) >= 11 is 6.06. The average Bonchev–Trinajstić information content (AvgIpc) is 2.55. The van der Waals surface area contributed by atoms with Gasteiger partial charge in [0.05, 0.1) is 23.4 Å². The van der Waals surface area contributed by atoms with Gasteiger partial charge in [0.1, 0.15) is 5.41 Å². The number of carbonyl (C=O) groups is 3. The molecule has 0 radical (unpaired) electrons. The fourth-order valence-electron chi connectivity index (χ4n) is 1.86. The molecule has 2 N–H and O–H groups in total. The summed E-state index contributed by atoms with van der Waals surface area (Å²) in [7, 11) is 5.04. The highest BCUT2D eigenvalue weighted by Gasteiger charge is 2.36. The molecule has 0 saturated heterocycles. The second-order valence-electron chi connectivity index (χ2n) is 6.32. The van der Waals surface area contributed by atoms with Gasteiger partial charge in [-0.05, 0) is 46.1 Å². The van der Waals surface area contributed by atoms with E-state index in [9.17, 15) is 14.4 Å².